The fourth-order valence-electron chi connectivity index (χ4n) is 3.02. The predicted octanol–water partition coefficient (Wildman–Crippen LogP) is 3.06. The summed E-state index contributed by atoms with van der Waals surface area (Å²) in [6, 6.07) is 5.92. The molecule has 1 aliphatic rings. The Labute approximate surface area is 130 Å². The second kappa shape index (κ2) is 6.73. The molecule has 3 heterocycles. The summed E-state index contributed by atoms with van der Waals surface area (Å²) in [6.07, 6.45) is 7.97. The highest BCUT2D eigenvalue weighted by molar-refractivity contribution is 5.77. The maximum absolute atomic E-state index is 12.6. The summed E-state index contributed by atoms with van der Waals surface area (Å²) in [5.41, 5.74) is 1.98. The molecule has 3 rings (SSSR count). The first kappa shape index (κ1) is 14.8. The molecular weight excluding hydrogens is 278 g/mol. The van der Waals surface area contributed by atoms with Crippen molar-refractivity contribution in [3.63, 3.8) is 0 Å². The Morgan fingerprint density at radius 1 is 1.45 bits per heavy atom. The van der Waals surface area contributed by atoms with Gasteiger partial charge in [0, 0.05) is 31.4 Å². The number of carbonyl (C=O) groups excluding carboxylic acids is 1. The summed E-state index contributed by atoms with van der Waals surface area (Å²) in [5, 5.41) is 4.11. The maximum atomic E-state index is 12.6. The summed E-state index contributed by atoms with van der Waals surface area (Å²) in [4.78, 5) is 18.7. The van der Waals surface area contributed by atoms with Crippen LogP contribution in [-0.2, 0) is 11.2 Å². The Morgan fingerprint density at radius 2 is 2.36 bits per heavy atom. The van der Waals surface area contributed by atoms with Crippen LogP contribution in [0.1, 0.15) is 48.7 Å². The van der Waals surface area contributed by atoms with E-state index in [1.54, 1.807) is 6.20 Å². The number of aryl methyl sites for hydroxylation is 2. The molecule has 0 radical (unpaired) electrons. The number of aromatic nitrogens is 2. The van der Waals surface area contributed by atoms with E-state index in [9.17, 15) is 4.79 Å². The van der Waals surface area contributed by atoms with Crippen molar-refractivity contribution in [1.82, 2.24) is 15.0 Å². The molecule has 1 atom stereocenters. The number of piperidine rings is 1. The third-order valence-corrected chi connectivity index (χ3v) is 4.16. The highest BCUT2D eigenvalue weighted by Crippen LogP contribution is 2.31. The number of carbonyl (C=O) groups is 1. The number of rotatable bonds is 4. The number of amides is 1. The fraction of sp³-hybridized carbons (Fsp3) is 0.471. The van der Waals surface area contributed by atoms with E-state index in [4.69, 9.17) is 4.52 Å². The van der Waals surface area contributed by atoms with Crippen LogP contribution >= 0.6 is 0 Å². The second-order valence-corrected chi connectivity index (χ2v) is 5.82. The van der Waals surface area contributed by atoms with E-state index < -0.39 is 0 Å². The van der Waals surface area contributed by atoms with Crippen molar-refractivity contribution in [2.24, 2.45) is 0 Å². The second-order valence-electron chi connectivity index (χ2n) is 5.82. The summed E-state index contributed by atoms with van der Waals surface area (Å²) >= 11 is 0. The van der Waals surface area contributed by atoms with Crippen LogP contribution in [0.3, 0.4) is 0 Å². The van der Waals surface area contributed by atoms with Gasteiger partial charge in [-0.1, -0.05) is 11.2 Å². The first-order valence-electron chi connectivity index (χ1n) is 7.85. The third kappa shape index (κ3) is 3.35. The molecule has 5 heteroatoms. The molecule has 5 nitrogen and oxygen atoms in total. The average molecular weight is 299 g/mol. The van der Waals surface area contributed by atoms with Gasteiger partial charge in [-0.15, -0.1) is 0 Å². The largest absolute Gasteiger partial charge is 0.361 e. The fourth-order valence-corrected chi connectivity index (χ4v) is 3.02. The number of hydrogen-bond acceptors (Lipinski definition) is 4. The standard InChI is InChI=1S/C17H21N3O2/c1-13-11-15(19-22-13)16-6-2-3-10-20(16)17(21)8-7-14-5-4-9-18-12-14/h4-5,9,11-12,16H,2-3,6-8,10H2,1H3. The SMILES string of the molecule is Cc1cc(C2CCCCN2C(=O)CCc2cccnc2)no1. The van der Waals surface area contributed by atoms with Gasteiger partial charge >= 0.3 is 0 Å². The van der Waals surface area contributed by atoms with Crippen molar-refractivity contribution in [2.45, 2.75) is 45.1 Å². The van der Waals surface area contributed by atoms with Gasteiger partial charge in [-0.2, -0.15) is 0 Å². The Balaban J connectivity index is 1.66. The lowest BCUT2D eigenvalue weighted by atomic mass is 9.98. The predicted molar refractivity (Wildman–Crippen MR) is 82.1 cm³/mol. The Bertz CT molecular complexity index is 624. The number of nitrogens with zero attached hydrogens (tertiary/aromatic N) is 3. The Morgan fingerprint density at radius 3 is 3.09 bits per heavy atom. The van der Waals surface area contributed by atoms with Gasteiger partial charge in [-0.25, -0.2) is 0 Å². The monoisotopic (exact) mass is 299 g/mol. The quantitative estimate of drug-likeness (QED) is 0.870. The van der Waals surface area contributed by atoms with Crippen LogP contribution in [0.4, 0.5) is 0 Å². The highest BCUT2D eigenvalue weighted by atomic mass is 16.5. The van der Waals surface area contributed by atoms with Gasteiger partial charge in [0.1, 0.15) is 11.5 Å². The van der Waals surface area contributed by atoms with Gasteiger partial charge in [0.05, 0.1) is 6.04 Å². The Kier molecular flexibility index (Phi) is 4.51. The van der Waals surface area contributed by atoms with E-state index in [2.05, 4.69) is 10.1 Å². The highest BCUT2D eigenvalue weighted by Gasteiger charge is 2.29. The van der Waals surface area contributed by atoms with Gasteiger partial charge in [-0.3, -0.25) is 9.78 Å². The lowest BCUT2D eigenvalue weighted by Gasteiger charge is -2.34. The number of pyridine rings is 1. The first-order chi connectivity index (χ1) is 10.7. The molecule has 0 saturated carbocycles. The van der Waals surface area contributed by atoms with Crippen LogP contribution < -0.4 is 0 Å². The smallest absolute Gasteiger partial charge is 0.223 e. The number of hydrogen-bond donors (Lipinski definition) is 0. The van der Waals surface area contributed by atoms with E-state index in [0.29, 0.717) is 6.42 Å². The molecule has 2 aromatic rings. The molecular formula is C17H21N3O2. The van der Waals surface area contributed by atoms with Gasteiger partial charge < -0.3 is 9.42 Å². The van der Waals surface area contributed by atoms with E-state index in [1.807, 2.05) is 36.2 Å². The molecule has 0 aromatic carbocycles. The normalized spacial score (nSPS) is 18.4. The van der Waals surface area contributed by atoms with Crippen molar-refractivity contribution in [3.05, 3.63) is 47.6 Å². The maximum Gasteiger partial charge on any atom is 0.223 e. The topological polar surface area (TPSA) is 59.2 Å². The van der Waals surface area contributed by atoms with Crippen LogP contribution in [0.5, 0.6) is 0 Å². The van der Waals surface area contributed by atoms with E-state index >= 15 is 0 Å². The molecule has 2 aromatic heterocycles. The molecule has 22 heavy (non-hydrogen) atoms. The van der Waals surface area contributed by atoms with Gasteiger partial charge in [0.2, 0.25) is 5.91 Å². The summed E-state index contributed by atoms with van der Waals surface area (Å²) < 4.78 is 5.18. The van der Waals surface area contributed by atoms with E-state index in [1.165, 1.54) is 0 Å². The number of likely N-dealkylation sites (tertiary alicyclic amines) is 1. The van der Waals surface area contributed by atoms with E-state index in [-0.39, 0.29) is 11.9 Å². The zero-order valence-electron chi connectivity index (χ0n) is 12.9. The lowest BCUT2D eigenvalue weighted by molar-refractivity contribution is -0.135. The van der Waals surface area contributed by atoms with Crippen molar-refractivity contribution >= 4 is 5.91 Å². The molecule has 0 N–H and O–H groups in total. The minimum Gasteiger partial charge on any atom is -0.361 e. The minimum absolute atomic E-state index is 0.0626. The summed E-state index contributed by atoms with van der Waals surface area (Å²) in [7, 11) is 0. The van der Waals surface area contributed by atoms with Crippen LogP contribution in [0.2, 0.25) is 0 Å². The third-order valence-electron chi connectivity index (χ3n) is 4.16. The zero-order chi connectivity index (χ0) is 15.4. The molecule has 1 saturated heterocycles. The Hall–Kier alpha value is -2.17. The van der Waals surface area contributed by atoms with Crippen LogP contribution in [-0.4, -0.2) is 27.5 Å². The van der Waals surface area contributed by atoms with Gasteiger partial charge in [0.25, 0.3) is 0 Å². The molecule has 0 spiro atoms. The first-order valence-corrected chi connectivity index (χ1v) is 7.85. The van der Waals surface area contributed by atoms with Crippen molar-refractivity contribution in [1.29, 1.82) is 0 Å². The van der Waals surface area contributed by atoms with Crippen LogP contribution in [0, 0.1) is 6.92 Å². The minimum atomic E-state index is 0.0626. The zero-order valence-corrected chi connectivity index (χ0v) is 12.9. The average Bonchev–Trinajstić information content (AvgIpc) is 3.00. The summed E-state index contributed by atoms with van der Waals surface area (Å²) in [6.45, 7) is 2.69. The van der Waals surface area contributed by atoms with Gasteiger partial charge in [-0.05, 0) is 44.2 Å². The molecule has 1 aliphatic heterocycles. The summed E-state index contributed by atoms with van der Waals surface area (Å²) in [5.74, 6) is 0.984. The molecule has 1 fully saturated rings. The molecule has 1 unspecified atom stereocenters. The van der Waals surface area contributed by atoms with Crippen molar-refractivity contribution in [2.75, 3.05) is 6.54 Å². The molecule has 116 valence electrons. The van der Waals surface area contributed by atoms with Crippen molar-refractivity contribution < 1.29 is 9.32 Å². The lowest BCUT2D eigenvalue weighted by Crippen LogP contribution is -2.38. The van der Waals surface area contributed by atoms with Gasteiger partial charge in [0.15, 0.2) is 0 Å². The van der Waals surface area contributed by atoms with E-state index in [0.717, 1.165) is 49.2 Å². The van der Waals surface area contributed by atoms with Crippen molar-refractivity contribution in [3.8, 4) is 0 Å². The molecule has 0 aliphatic carbocycles. The molecule has 0 bridgehead atoms. The van der Waals surface area contributed by atoms with Crippen LogP contribution in [0.15, 0.2) is 35.1 Å². The van der Waals surface area contributed by atoms with Crippen LogP contribution in [0.25, 0.3) is 0 Å². The molecule has 1 amide bonds.